The molecule has 2 heterocycles. The number of aryl methyl sites for hydroxylation is 2. The lowest BCUT2D eigenvalue weighted by Gasteiger charge is -2.32. The Bertz CT molecular complexity index is 362. The molecule has 0 spiro atoms. The third kappa shape index (κ3) is 3.97. The van der Waals surface area contributed by atoms with Crippen molar-refractivity contribution in [3.8, 4) is 0 Å². The maximum Gasteiger partial charge on any atom is 0.0638 e. The number of likely N-dealkylation sites (tertiary alicyclic amines) is 1. The summed E-state index contributed by atoms with van der Waals surface area (Å²) in [6.45, 7) is 6.38. The molecule has 0 aromatic carbocycles. The first-order valence-corrected chi connectivity index (χ1v) is 6.60. The lowest BCUT2D eigenvalue weighted by molar-refractivity contribution is 0.163. The zero-order valence-corrected chi connectivity index (χ0v) is 12.2. The molecule has 2 N–H and O–H groups in total. The monoisotopic (exact) mass is 272 g/mol. The molecular weight excluding hydrogens is 248 g/mol. The van der Waals surface area contributed by atoms with Gasteiger partial charge in [0.2, 0.25) is 0 Å². The van der Waals surface area contributed by atoms with Crippen LogP contribution in [0.5, 0.6) is 0 Å². The van der Waals surface area contributed by atoms with Gasteiger partial charge in [-0.25, -0.2) is 0 Å². The van der Waals surface area contributed by atoms with Crippen LogP contribution < -0.4 is 5.73 Å². The minimum atomic E-state index is 0. The maximum atomic E-state index is 5.65. The van der Waals surface area contributed by atoms with Crippen LogP contribution in [-0.4, -0.2) is 34.3 Å². The van der Waals surface area contributed by atoms with Gasteiger partial charge in [0.05, 0.1) is 5.69 Å². The van der Waals surface area contributed by atoms with Crippen LogP contribution >= 0.6 is 12.4 Å². The summed E-state index contributed by atoms with van der Waals surface area (Å²) in [7, 11) is 1.99. The molecule has 0 aliphatic carbocycles. The van der Waals surface area contributed by atoms with Gasteiger partial charge in [0, 0.05) is 31.9 Å². The molecule has 1 saturated heterocycles. The SMILES string of the molecule is Cc1nn(C)cc1CN1CCCC(CCN)C1.Cl. The summed E-state index contributed by atoms with van der Waals surface area (Å²) in [5, 5.41) is 4.40. The van der Waals surface area contributed by atoms with Crippen molar-refractivity contribution < 1.29 is 0 Å². The average molecular weight is 273 g/mol. The molecule has 104 valence electrons. The predicted octanol–water partition coefficient (Wildman–Crippen LogP) is 1.71. The van der Waals surface area contributed by atoms with Crippen LogP contribution in [-0.2, 0) is 13.6 Å². The van der Waals surface area contributed by atoms with E-state index in [4.69, 9.17) is 5.73 Å². The highest BCUT2D eigenvalue weighted by atomic mass is 35.5. The number of aromatic nitrogens is 2. The van der Waals surface area contributed by atoms with Crippen molar-refractivity contribution in [3.05, 3.63) is 17.5 Å². The molecule has 1 aliphatic heterocycles. The van der Waals surface area contributed by atoms with E-state index in [1.807, 2.05) is 11.7 Å². The minimum absolute atomic E-state index is 0. The summed E-state index contributed by atoms with van der Waals surface area (Å²) in [5.41, 5.74) is 8.18. The Morgan fingerprint density at radius 1 is 1.50 bits per heavy atom. The molecule has 4 nitrogen and oxygen atoms in total. The van der Waals surface area contributed by atoms with E-state index in [9.17, 15) is 0 Å². The fourth-order valence-electron chi connectivity index (χ4n) is 2.81. The fraction of sp³-hybridized carbons (Fsp3) is 0.769. The van der Waals surface area contributed by atoms with E-state index in [1.54, 1.807) is 0 Å². The molecule has 0 bridgehead atoms. The molecule has 1 unspecified atom stereocenters. The van der Waals surface area contributed by atoms with Crippen LogP contribution in [0.15, 0.2) is 6.20 Å². The number of nitrogens with two attached hydrogens (primary N) is 1. The molecule has 0 radical (unpaired) electrons. The number of hydrogen-bond acceptors (Lipinski definition) is 3. The van der Waals surface area contributed by atoms with Crippen molar-refractivity contribution in [2.45, 2.75) is 32.7 Å². The molecule has 1 aliphatic rings. The predicted molar refractivity (Wildman–Crippen MR) is 76.9 cm³/mol. The lowest BCUT2D eigenvalue weighted by atomic mass is 9.94. The lowest BCUT2D eigenvalue weighted by Crippen LogP contribution is -2.35. The number of piperidine rings is 1. The normalized spacial score (nSPS) is 20.7. The van der Waals surface area contributed by atoms with Gasteiger partial charge in [-0.1, -0.05) is 0 Å². The molecule has 0 saturated carbocycles. The van der Waals surface area contributed by atoms with Gasteiger partial charge in [-0.15, -0.1) is 12.4 Å². The summed E-state index contributed by atoms with van der Waals surface area (Å²) in [6, 6.07) is 0. The highest BCUT2D eigenvalue weighted by Gasteiger charge is 2.20. The molecule has 1 aromatic heterocycles. The molecular formula is C13H25ClN4. The molecule has 2 rings (SSSR count). The second-order valence-electron chi connectivity index (χ2n) is 5.23. The van der Waals surface area contributed by atoms with E-state index in [0.29, 0.717) is 0 Å². The first-order chi connectivity index (χ1) is 8.19. The minimum Gasteiger partial charge on any atom is -0.330 e. The standard InChI is InChI=1S/C13H24N4.ClH/c1-11-13(9-16(2)15-11)10-17-7-3-4-12(8-17)5-6-14;/h9,12H,3-8,10,14H2,1-2H3;1H. The van der Waals surface area contributed by atoms with Crippen LogP contribution in [0.3, 0.4) is 0 Å². The number of hydrogen-bond donors (Lipinski definition) is 1. The van der Waals surface area contributed by atoms with E-state index in [0.717, 1.165) is 24.7 Å². The van der Waals surface area contributed by atoms with Gasteiger partial charge >= 0.3 is 0 Å². The molecule has 0 amide bonds. The van der Waals surface area contributed by atoms with Crippen molar-refractivity contribution in [2.75, 3.05) is 19.6 Å². The first kappa shape index (κ1) is 15.5. The number of rotatable bonds is 4. The average Bonchev–Trinajstić information content (AvgIpc) is 2.58. The van der Waals surface area contributed by atoms with Crippen molar-refractivity contribution in [1.29, 1.82) is 0 Å². The van der Waals surface area contributed by atoms with E-state index in [-0.39, 0.29) is 12.4 Å². The first-order valence-electron chi connectivity index (χ1n) is 6.60. The van der Waals surface area contributed by atoms with E-state index >= 15 is 0 Å². The highest BCUT2D eigenvalue weighted by Crippen LogP contribution is 2.21. The Balaban J connectivity index is 0.00000162. The van der Waals surface area contributed by atoms with Crippen molar-refractivity contribution in [1.82, 2.24) is 14.7 Å². The van der Waals surface area contributed by atoms with Crippen molar-refractivity contribution in [2.24, 2.45) is 18.7 Å². The van der Waals surface area contributed by atoms with Crippen LogP contribution in [0.1, 0.15) is 30.5 Å². The summed E-state index contributed by atoms with van der Waals surface area (Å²) in [4.78, 5) is 2.55. The zero-order chi connectivity index (χ0) is 12.3. The number of nitrogens with zero attached hydrogens (tertiary/aromatic N) is 3. The Labute approximate surface area is 116 Å². The van der Waals surface area contributed by atoms with Crippen LogP contribution in [0.25, 0.3) is 0 Å². The van der Waals surface area contributed by atoms with Gasteiger partial charge in [-0.05, 0) is 45.2 Å². The molecule has 1 fully saturated rings. The summed E-state index contributed by atoms with van der Waals surface area (Å²) >= 11 is 0. The molecule has 1 atom stereocenters. The molecule has 1 aromatic rings. The van der Waals surface area contributed by atoms with Crippen LogP contribution in [0.4, 0.5) is 0 Å². The Hall–Kier alpha value is -0.580. The van der Waals surface area contributed by atoms with Gasteiger partial charge < -0.3 is 5.73 Å². The Morgan fingerprint density at radius 3 is 2.89 bits per heavy atom. The van der Waals surface area contributed by atoms with Gasteiger partial charge in [-0.3, -0.25) is 9.58 Å². The third-order valence-electron chi connectivity index (χ3n) is 3.69. The highest BCUT2D eigenvalue weighted by molar-refractivity contribution is 5.85. The smallest absolute Gasteiger partial charge is 0.0638 e. The summed E-state index contributed by atoms with van der Waals surface area (Å²) < 4.78 is 1.91. The van der Waals surface area contributed by atoms with Gasteiger partial charge in [0.1, 0.15) is 0 Å². The Kier molecular flexibility index (Phi) is 6.12. The topological polar surface area (TPSA) is 47.1 Å². The van der Waals surface area contributed by atoms with Crippen LogP contribution in [0.2, 0.25) is 0 Å². The molecule has 5 heteroatoms. The fourth-order valence-corrected chi connectivity index (χ4v) is 2.81. The largest absolute Gasteiger partial charge is 0.330 e. The van der Waals surface area contributed by atoms with E-state index in [2.05, 4.69) is 23.1 Å². The van der Waals surface area contributed by atoms with Crippen molar-refractivity contribution >= 4 is 12.4 Å². The zero-order valence-electron chi connectivity index (χ0n) is 11.4. The van der Waals surface area contributed by atoms with Gasteiger partial charge in [-0.2, -0.15) is 5.10 Å². The van der Waals surface area contributed by atoms with Crippen molar-refractivity contribution in [3.63, 3.8) is 0 Å². The quantitative estimate of drug-likeness (QED) is 0.908. The van der Waals surface area contributed by atoms with Gasteiger partial charge in [0.25, 0.3) is 0 Å². The Morgan fingerprint density at radius 2 is 2.28 bits per heavy atom. The summed E-state index contributed by atoms with van der Waals surface area (Å²) in [6.07, 6.45) is 5.97. The van der Waals surface area contributed by atoms with Crippen LogP contribution in [0, 0.1) is 12.8 Å². The van der Waals surface area contributed by atoms with E-state index < -0.39 is 0 Å². The molecule has 18 heavy (non-hydrogen) atoms. The van der Waals surface area contributed by atoms with Gasteiger partial charge in [0.15, 0.2) is 0 Å². The summed E-state index contributed by atoms with van der Waals surface area (Å²) in [5.74, 6) is 0.797. The maximum absolute atomic E-state index is 5.65. The second-order valence-corrected chi connectivity index (χ2v) is 5.23. The third-order valence-corrected chi connectivity index (χ3v) is 3.69. The second kappa shape index (κ2) is 7.12. The number of halogens is 1. The van der Waals surface area contributed by atoms with E-state index in [1.165, 1.54) is 37.9 Å².